The van der Waals surface area contributed by atoms with Gasteiger partial charge in [-0.15, -0.1) is 11.3 Å². The molecular weight excluding hydrogens is 324 g/mol. The Hall–Kier alpha value is -1.07. The summed E-state index contributed by atoms with van der Waals surface area (Å²) in [4.78, 5) is 13.4. The average molecular weight is 341 g/mol. The lowest BCUT2D eigenvalue weighted by Gasteiger charge is -2.07. The maximum atomic E-state index is 12.2. The minimum atomic E-state index is -0.0250. The molecule has 5 heteroatoms. The van der Waals surface area contributed by atoms with Crippen LogP contribution in [0.2, 0.25) is 0 Å². The molecule has 102 valence electrons. The summed E-state index contributed by atoms with van der Waals surface area (Å²) >= 11 is 5.10. The van der Waals surface area contributed by atoms with Crippen LogP contribution in [0.1, 0.15) is 34.8 Å². The second-order valence-corrected chi connectivity index (χ2v) is 6.15. The van der Waals surface area contributed by atoms with Crippen LogP contribution in [0.15, 0.2) is 28.2 Å². The molecule has 0 bridgehead atoms. The number of carbonyl (C=O) groups excluding carboxylic acids is 1. The van der Waals surface area contributed by atoms with Crippen LogP contribution >= 0.6 is 27.3 Å². The Bertz CT molecular complexity index is 574. The van der Waals surface area contributed by atoms with Crippen molar-refractivity contribution in [2.75, 3.05) is 0 Å². The summed E-state index contributed by atoms with van der Waals surface area (Å²) in [5, 5.41) is 5.07. The summed E-state index contributed by atoms with van der Waals surface area (Å²) in [6, 6.07) is 3.98. The van der Waals surface area contributed by atoms with Gasteiger partial charge in [0.1, 0.15) is 5.69 Å². The molecule has 0 unspecified atom stereocenters. The van der Waals surface area contributed by atoms with E-state index in [0.29, 0.717) is 12.2 Å². The zero-order valence-electron chi connectivity index (χ0n) is 11.1. The lowest BCUT2D eigenvalue weighted by Crippen LogP contribution is -2.25. The van der Waals surface area contributed by atoms with Crippen LogP contribution in [-0.4, -0.2) is 10.5 Å². The fourth-order valence-corrected chi connectivity index (χ4v) is 3.39. The van der Waals surface area contributed by atoms with Gasteiger partial charge in [0.2, 0.25) is 0 Å². The van der Waals surface area contributed by atoms with Crippen molar-refractivity contribution >= 4 is 33.2 Å². The van der Waals surface area contributed by atoms with Crippen LogP contribution in [0.5, 0.6) is 0 Å². The van der Waals surface area contributed by atoms with Gasteiger partial charge in [0, 0.05) is 22.1 Å². The third kappa shape index (κ3) is 3.28. The molecule has 0 spiro atoms. The second kappa shape index (κ2) is 6.39. The SMILES string of the molecule is CCc1ccsc1CNC(=O)c1cc(Br)cn1CC. The van der Waals surface area contributed by atoms with E-state index in [1.54, 1.807) is 11.3 Å². The van der Waals surface area contributed by atoms with Gasteiger partial charge < -0.3 is 9.88 Å². The van der Waals surface area contributed by atoms with Crippen molar-refractivity contribution in [2.24, 2.45) is 0 Å². The standard InChI is InChI=1S/C14H17BrN2OS/c1-3-10-5-6-19-13(10)8-16-14(18)12-7-11(15)9-17(12)4-2/h5-7,9H,3-4,8H2,1-2H3,(H,16,18). The minimum Gasteiger partial charge on any atom is -0.346 e. The normalized spacial score (nSPS) is 10.7. The van der Waals surface area contributed by atoms with E-state index in [9.17, 15) is 4.79 Å². The predicted octanol–water partition coefficient (Wildman–Crippen LogP) is 3.82. The Morgan fingerprint density at radius 3 is 2.95 bits per heavy atom. The Labute approximate surface area is 125 Å². The van der Waals surface area contributed by atoms with Crippen LogP contribution in [-0.2, 0) is 19.5 Å². The molecule has 0 saturated carbocycles. The largest absolute Gasteiger partial charge is 0.346 e. The Kier molecular flexibility index (Phi) is 4.82. The van der Waals surface area contributed by atoms with Gasteiger partial charge in [-0.2, -0.15) is 0 Å². The first kappa shape index (κ1) is 14.3. The average Bonchev–Trinajstić information content (AvgIpc) is 3.01. The number of halogens is 1. The highest BCUT2D eigenvalue weighted by Crippen LogP contribution is 2.18. The van der Waals surface area contributed by atoms with E-state index in [0.717, 1.165) is 17.4 Å². The summed E-state index contributed by atoms with van der Waals surface area (Å²) in [6.45, 7) is 5.55. The zero-order valence-corrected chi connectivity index (χ0v) is 13.5. The molecule has 2 heterocycles. The number of aryl methyl sites for hydroxylation is 2. The molecule has 2 aromatic rings. The first-order valence-electron chi connectivity index (χ1n) is 6.34. The molecule has 0 aliphatic rings. The van der Waals surface area contributed by atoms with Gasteiger partial charge >= 0.3 is 0 Å². The highest BCUT2D eigenvalue weighted by Gasteiger charge is 2.12. The lowest BCUT2D eigenvalue weighted by atomic mass is 10.2. The molecule has 0 aliphatic heterocycles. The molecule has 1 N–H and O–H groups in total. The molecule has 1 amide bonds. The third-order valence-electron chi connectivity index (χ3n) is 3.06. The van der Waals surface area contributed by atoms with Crippen LogP contribution in [0, 0.1) is 0 Å². The Morgan fingerprint density at radius 2 is 2.26 bits per heavy atom. The number of carbonyl (C=O) groups is 1. The maximum Gasteiger partial charge on any atom is 0.268 e. The molecule has 0 saturated heterocycles. The summed E-state index contributed by atoms with van der Waals surface area (Å²) < 4.78 is 2.87. The van der Waals surface area contributed by atoms with E-state index in [4.69, 9.17) is 0 Å². The van der Waals surface area contributed by atoms with Gasteiger partial charge in [-0.25, -0.2) is 0 Å². The Balaban J connectivity index is 2.05. The van der Waals surface area contributed by atoms with Gasteiger partial charge in [-0.05, 0) is 52.4 Å². The van der Waals surface area contributed by atoms with Crippen molar-refractivity contribution in [1.29, 1.82) is 0 Å². The monoisotopic (exact) mass is 340 g/mol. The van der Waals surface area contributed by atoms with Crippen molar-refractivity contribution in [3.8, 4) is 0 Å². The van der Waals surface area contributed by atoms with E-state index in [1.807, 2.05) is 23.8 Å². The van der Waals surface area contributed by atoms with E-state index in [-0.39, 0.29) is 5.91 Å². The second-order valence-electron chi connectivity index (χ2n) is 4.23. The van der Waals surface area contributed by atoms with E-state index in [2.05, 4.69) is 39.6 Å². The molecule has 0 aliphatic carbocycles. The van der Waals surface area contributed by atoms with Gasteiger partial charge in [-0.3, -0.25) is 4.79 Å². The van der Waals surface area contributed by atoms with Gasteiger partial charge in [0.05, 0.1) is 6.54 Å². The molecule has 0 atom stereocenters. The number of thiophene rings is 1. The Morgan fingerprint density at radius 1 is 1.47 bits per heavy atom. The quantitative estimate of drug-likeness (QED) is 0.881. The highest BCUT2D eigenvalue weighted by atomic mass is 79.9. The van der Waals surface area contributed by atoms with Crippen molar-refractivity contribution < 1.29 is 4.79 Å². The maximum absolute atomic E-state index is 12.2. The summed E-state index contributed by atoms with van der Waals surface area (Å²) in [7, 11) is 0. The van der Waals surface area contributed by atoms with Gasteiger partial charge in [-0.1, -0.05) is 6.92 Å². The molecule has 2 aromatic heterocycles. The smallest absolute Gasteiger partial charge is 0.268 e. The fraction of sp³-hybridized carbons (Fsp3) is 0.357. The van der Waals surface area contributed by atoms with Gasteiger partial charge in [0.15, 0.2) is 0 Å². The molecular formula is C14H17BrN2OS. The topological polar surface area (TPSA) is 34.0 Å². The van der Waals surface area contributed by atoms with Crippen molar-refractivity contribution in [3.05, 3.63) is 44.3 Å². The summed E-state index contributed by atoms with van der Waals surface area (Å²) in [6.07, 6.45) is 2.93. The van der Waals surface area contributed by atoms with E-state index >= 15 is 0 Å². The molecule has 0 aromatic carbocycles. The molecule has 0 fully saturated rings. The van der Waals surface area contributed by atoms with Crippen molar-refractivity contribution in [1.82, 2.24) is 9.88 Å². The predicted molar refractivity (Wildman–Crippen MR) is 82.7 cm³/mol. The number of amides is 1. The highest BCUT2D eigenvalue weighted by molar-refractivity contribution is 9.10. The number of rotatable bonds is 5. The van der Waals surface area contributed by atoms with Gasteiger partial charge in [0.25, 0.3) is 5.91 Å². The summed E-state index contributed by atoms with van der Waals surface area (Å²) in [5.41, 5.74) is 2.02. The lowest BCUT2D eigenvalue weighted by molar-refractivity contribution is 0.0942. The number of hydrogen-bond donors (Lipinski definition) is 1. The van der Waals surface area contributed by atoms with E-state index < -0.39 is 0 Å². The first-order chi connectivity index (χ1) is 9.15. The molecule has 2 rings (SSSR count). The fourth-order valence-electron chi connectivity index (χ4n) is 2.02. The number of aromatic nitrogens is 1. The first-order valence-corrected chi connectivity index (χ1v) is 8.02. The van der Waals surface area contributed by atoms with Crippen LogP contribution in [0.4, 0.5) is 0 Å². The number of nitrogens with one attached hydrogen (secondary N) is 1. The van der Waals surface area contributed by atoms with Crippen molar-refractivity contribution in [2.45, 2.75) is 33.4 Å². The van der Waals surface area contributed by atoms with E-state index in [1.165, 1.54) is 10.4 Å². The van der Waals surface area contributed by atoms with Crippen LogP contribution in [0.25, 0.3) is 0 Å². The zero-order chi connectivity index (χ0) is 13.8. The molecule has 0 radical (unpaired) electrons. The minimum absolute atomic E-state index is 0.0250. The summed E-state index contributed by atoms with van der Waals surface area (Å²) in [5.74, 6) is -0.0250. The molecule has 19 heavy (non-hydrogen) atoms. The number of nitrogens with zero attached hydrogens (tertiary/aromatic N) is 1. The van der Waals surface area contributed by atoms with Crippen LogP contribution in [0.3, 0.4) is 0 Å². The van der Waals surface area contributed by atoms with Crippen LogP contribution < -0.4 is 5.32 Å². The van der Waals surface area contributed by atoms with Crippen molar-refractivity contribution in [3.63, 3.8) is 0 Å². The molecule has 3 nitrogen and oxygen atoms in total. The number of hydrogen-bond acceptors (Lipinski definition) is 2. The third-order valence-corrected chi connectivity index (χ3v) is 4.46.